The first-order valence-electron chi connectivity index (χ1n) is 12.2. The van der Waals surface area contributed by atoms with Crippen LogP contribution in [0.3, 0.4) is 0 Å². The minimum absolute atomic E-state index is 0.0566. The minimum Gasteiger partial charge on any atom is -0.481 e. The fraction of sp³-hybridized carbons (Fsp3) is 0.667. The number of rotatable bonds is 3. The Labute approximate surface area is 199 Å². The van der Waals surface area contributed by atoms with Crippen LogP contribution >= 0.6 is 0 Å². The van der Waals surface area contributed by atoms with E-state index < -0.39 is 0 Å². The van der Waals surface area contributed by atoms with Crippen LogP contribution in [-0.4, -0.2) is 109 Å². The Balaban J connectivity index is 1.19. The first kappa shape index (κ1) is 22.7. The first-order chi connectivity index (χ1) is 16.5. The Kier molecular flexibility index (Phi) is 6.22. The van der Waals surface area contributed by atoms with Gasteiger partial charge in [-0.1, -0.05) is 0 Å². The number of carbonyl (C=O) groups is 3. The van der Waals surface area contributed by atoms with E-state index in [1.54, 1.807) is 17.0 Å². The van der Waals surface area contributed by atoms with Crippen molar-refractivity contribution >= 4 is 17.8 Å². The summed E-state index contributed by atoms with van der Waals surface area (Å²) in [5.41, 5.74) is 0.388. The van der Waals surface area contributed by atoms with Crippen molar-refractivity contribution < 1.29 is 23.9 Å². The Morgan fingerprint density at radius 3 is 2.47 bits per heavy atom. The third kappa shape index (κ3) is 4.14. The molecule has 34 heavy (non-hydrogen) atoms. The second-order valence-corrected chi connectivity index (χ2v) is 9.74. The summed E-state index contributed by atoms with van der Waals surface area (Å²) in [4.78, 5) is 50.7. The minimum atomic E-state index is -0.159. The SMILES string of the molecule is COc1ccc(C(=O)N2CCN(C(=O)N3C[C@H]4C[C@H](C3)[C@H]3CCCC(=O)N3C4)CC2)c(OC)n1. The molecule has 3 atom stereocenters. The summed E-state index contributed by atoms with van der Waals surface area (Å²) >= 11 is 0. The topological polar surface area (TPSA) is 95.5 Å². The number of urea groups is 1. The van der Waals surface area contributed by atoms with Crippen LogP contribution in [0.1, 0.15) is 36.0 Å². The van der Waals surface area contributed by atoms with Gasteiger partial charge in [-0.2, -0.15) is 4.98 Å². The number of piperidine rings is 3. The summed E-state index contributed by atoms with van der Waals surface area (Å²) in [6.07, 6.45) is 3.79. The monoisotopic (exact) mass is 471 g/mol. The quantitative estimate of drug-likeness (QED) is 0.660. The zero-order valence-electron chi connectivity index (χ0n) is 19.9. The molecule has 1 aromatic heterocycles. The summed E-state index contributed by atoms with van der Waals surface area (Å²) < 4.78 is 10.4. The van der Waals surface area contributed by atoms with E-state index in [0.717, 1.165) is 32.4 Å². The van der Waals surface area contributed by atoms with Crippen LogP contribution in [0.4, 0.5) is 4.79 Å². The van der Waals surface area contributed by atoms with Crippen LogP contribution in [0.15, 0.2) is 12.1 Å². The van der Waals surface area contributed by atoms with Crippen molar-refractivity contribution in [1.29, 1.82) is 0 Å². The van der Waals surface area contributed by atoms with Gasteiger partial charge in [0.1, 0.15) is 5.56 Å². The number of pyridine rings is 1. The van der Waals surface area contributed by atoms with Crippen LogP contribution < -0.4 is 9.47 Å². The summed E-state index contributed by atoms with van der Waals surface area (Å²) in [6, 6.07) is 3.65. The molecule has 10 nitrogen and oxygen atoms in total. The third-order valence-electron chi connectivity index (χ3n) is 7.76. The van der Waals surface area contributed by atoms with E-state index in [4.69, 9.17) is 9.47 Å². The number of likely N-dealkylation sites (tertiary alicyclic amines) is 1. The molecule has 0 radical (unpaired) electrons. The second kappa shape index (κ2) is 9.31. The number of piperazine rings is 1. The summed E-state index contributed by atoms with van der Waals surface area (Å²) in [5.74, 6) is 1.48. The lowest BCUT2D eigenvalue weighted by atomic mass is 9.76. The predicted octanol–water partition coefficient (Wildman–Crippen LogP) is 1.31. The molecule has 0 aliphatic carbocycles. The molecule has 0 aromatic carbocycles. The van der Waals surface area contributed by atoms with E-state index >= 15 is 0 Å². The zero-order valence-corrected chi connectivity index (χ0v) is 19.9. The largest absolute Gasteiger partial charge is 0.481 e. The number of hydrogen-bond acceptors (Lipinski definition) is 6. The third-order valence-corrected chi connectivity index (χ3v) is 7.76. The molecule has 1 aromatic rings. The molecule has 4 aliphatic rings. The number of aromatic nitrogens is 1. The van der Waals surface area contributed by atoms with Gasteiger partial charge in [-0.15, -0.1) is 0 Å². The molecule has 5 rings (SSSR count). The maximum absolute atomic E-state index is 13.4. The van der Waals surface area contributed by atoms with Gasteiger partial charge in [-0.3, -0.25) is 9.59 Å². The molecular weight excluding hydrogens is 438 g/mol. The van der Waals surface area contributed by atoms with E-state index in [9.17, 15) is 14.4 Å². The molecule has 0 unspecified atom stereocenters. The standard InChI is InChI=1S/C24H33N5O5/c1-33-20-7-6-18(22(25-20)34-2)23(31)26-8-10-27(11-9-26)24(32)28-13-16-12-17(15-28)19-4-3-5-21(30)29(19)14-16/h6-7,16-17,19H,3-5,8-15H2,1-2H3/t16-,17-,19-/m1/s1. The molecule has 184 valence electrons. The van der Waals surface area contributed by atoms with Crippen molar-refractivity contribution in [3.8, 4) is 11.8 Å². The Morgan fingerprint density at radius 1 is 0.971 bits per heavy atom. The van der Waals surface area contributed by atoms with Crippen molar-refractivity contribution in [3.63, 3.8) is 0 Å². The number of amides is 4. The molecule has 5 heterocycles. The van der Waals surface area contributed by atoms with Crippen molar-refractivity contribution in [2.45, 2.75) is 31.7 Å². The maximum atomic E-state index is 13.4. The lowest BCUT2D eigenvalue weighted by Gasteiger charge is -2.53. The summed E-state index contributed by atoms with van der Waals surface area (Å²) in [6.45, 7) is 4.13. The van der Waals surface area contributed by atoms with Gasteiger partial charge < -0.3 is 29.1 Å². The van der Waals surface area contributed by atoms with E-state index in [1.165, 1.54) is 14.2 Å². The van der Waals surface area contributed by atoms with Crippen LogP contribution in [0.5, 0.6) is 11.8 Å². The average Bonchev–Trinajstić information content (AvgIpc) is 2.88. The average molecular weight is 472 g/mol. The number of carbonyl (C=O) groups excluding carboxylic acids is 3. The van der Waals surface area contributed by atoms with Gasteiger partial charge >= 0.3 is 6.03 Å². The molecule has 4 saturated heterocycles. The van der Waals surface area contributed by atoms with Gasteiger partial charge in [-0.25, -0.2) is 4.79 Å². The molecule has 4 amide bonds. The highest BCUT2D eigenvalue weighted by molar-refractivity contribution is 5.96. The zero-order chi connectivity index (χ0) is 23.8. The number of nitrogens with zero attached hydrogens (tertiary/aromatic N) is 5. The fourth-order valence-electron chi connectivity index (χ4n) is 6.09. The molecule has 4 fully saturated rings. The van der Waals surface area contributed by atoms with Crippen LogP contribution in [0.25, 0.3) is 0 Å². The highest BCUT2D eigenvalue weighted by atomic mass is 16.5. The van der Waals surface area contributed by atoms with Crippen LogP contribution in [0, 0.1) is 11.8 Å². The van der Waals surface area contributed by atoms with Crippen molar-refractivity contribution in [2.75, 3.05) is 60.0 Å². The lowest BCUT2D eigenvalue weighted by Crippen LogP contribution is -2.63. The first-order valence-corrected chi connectivity index (χ1v) is 12.2. The molecule has 0 N–H and O–H groups in total. The summed E-state index contributed by atoms with van der Waals surface area (Å²) in [7, 11) is 2.99. The second-order valence-electron chi connectivity index (χ2n) is 9.74. The summed E-state index contributed by atoms with van der Waals surface area (Å²) in [5, 5.41) is 0. The van der Waals surface area contributed by atoms with Gasteiger partial charge in [0.15, 0.2) is 0 Å². The van der Waals surface area contributed by atoms with Crippen molar-refractivity contribution in [2.24, 2.45) is 11.8 Å². The normalized spacial score (nSPS) is 26.8. The number of fused-ring (bicyclic) bond motifs is 4. The highest BCUT2D eigenvalue weighted by Crippen LogP contribution is 2.38. The van der Waals surface area contributed by atoms with E-state index in [2.05, 4.69) is 9.88 Å². The molecule has 10 heteroatoms. The van der Waals surface area contributed by atoms with Crippen LogP contribution in [0.2, 0.25) is 0 Å². The Hall–Kier alpha value is -3.04. The number of hydrogen-bond donors (Lipinski definition) is 0. The highest BCUT2D eigenvalue weighted by Gasteiger charge is 2.45. The molecule has 2 bridgehead atoms. The van der Waals surface area contributed by atoms with Gasteiger partial charge in [0.2, 0.25) is 17.7 Å². The van der Waals surface area contributed by atoms with E-state index in [1.807, 2.05) is 9.80 Å². The van der Waals surface area contributed by atoms with Gasteiger partial charge in [0, 0.05) is 64.3 Å². The van der Waals surface area contributed by atoms with E-state index in [0.29, 0.717) is 62.4 Å². The van der Waals surface area contributed by atoms with Crippen molar-refractivity contribution in [1.82, 2.24) is 24.6 Å². The van der Waals surface area contributed by atoms with Gasteiger partial charge in [-0.05, 0) is 37.2 Å². The number of ether oxygens (including phenoxy) is 2. The molecule has 0 spiro atoms. The lowest BCUT2D eigenvalue weighted by molar-refractivity contribution is -0.144. The molecule has 4 aliphatic heterocycles. The van der Waals surface area contributed by atoms with Crippen molar-refractivity contribution in [3.05, 3.63) is 17.7 Å². The predicted molar refractivity (Wildman–Crippen MR) is 123 cm³/mol. The fourth-order valence-corrected chi connectivity index (χ4v) is 6.09. The molecular formula is C24H33N5O5. The maximum Gasteiger partial charge on any atom is 0.320 e. The van der Waals surface area contributed by atoms with E-state index in [-0.39, 0.29) is 29.8 Å². The van der Waals surface area contributed by atoms with Crippen LogP contribution in [-0.2, 0) is 4.79 Å². The molecule has 0 saturated carbocycles. The number of methoxy groups -OCH3 is 2. The smallest absolute Gasteiger partial charge is 0.320 e. The Morgan fingerprint density at radius 2 is 1.74 bits per heavy atom. The van der Waals surface area contributed by atoms with Gasteiger partial charge in [0.25, 0.3) is 5.91 Å². The van der Waals surface area contributed by atoms with Gasteiger partial charge in [0.05, 0.1) is 14.2 Å². The Bertz CT molecular complexity index is 963.